The van der Waals surface area contributed by atoms with Crippen LogP contribution in [0.1, 0.15) is 21.7 Å². The van der Waals surface area contributed by atoms with Crippen molar-refractivity contribution in [1.29, 1.82) is 0 Å². The predicted octanol–water partition coefficient (Wildman–Crippen LogP) is 3.13. The Balaban J connectivity index is 1.86. The normalized spacial score (nSPS) is 11.3. The van der Waals surface area contributed by atoms with E-state index in [0.29, 0.717) is 22.6 Å². The molecule has 0 aliphatic heterocycles. The smallest absolute Gasteiger partial charge is 0.380 e. The van der Waals surface area contributed by atoms with Gasteiger partial charge in [-0.3, -0.25) is 4.79 Å². The lowest BCUT2D eigenvalue weighted by molar-refractivity contribution is 0.0967. The van der Waals surface area contributed by atoms with Crippen molar-refractivity contribution in [3.63, 3.8) is 0 Å². The topological polar surface area (TPSA) is 123 Å². The summed E-state index contributed by atoms with van der Waals surface area (Å²) in [5, 5.41) is 14.8. The molecule has 2 aromatic carbocycles. The van der Waals surface area contributed by atoms with Crippen LogP contribution in [0, 0.1) is 13.8 Å². The van der Waals surface area contributed by atoms with Crippen LogP contribution >= 0.6 is 0 Å². The molecule has 152 valence electrons. The van der Waals surface area contributed by atoms with Gasteiger partial charge in [0.2, 0.25) is 0 Å². The van der Waals surface area contributed by atoms with Gasteiger partial charge >= 0.3 is 10.3 Å². The van der Waals surface area contributed by atoms with E-state index >= 15 is 0 Å². The Morgan fingerprint density at radius 2 is 1.76 bits per heavy atom. The van der Waals surface area contributed by atoms with Crippen LogP contribution in [0.3, 0.4) is 0 Å². The SMILES string of the molecule is Cc1cc(-c2ccc(C(=O)N(C)c3cccc(OS(N)(=O)=O)c3)o2)cc(C)c1O. The fourth-order valence-corrected chi connectivity index (χ4v) is 3.24. The zero-order valence-electron chi connectivity index (χ0n) is 16.0. The van der Waals surface area contributed by atoms with E-state index in [-0.39, 0.29) is 17.3 Å². The van der Waals surface area contributed by atoms with Crippen LogP contribution in [-0.2, 0) is 10.3 Å². The summed E-state index contributed by atoms with van der Waals surface area (Å²) in [6, 6.07) is 12.7. The molecule has 0 saturated heterocycles. The Kier molecular flexibility index (Phi) is 5.36. The zero-order chi connectivity index (χ0) is 21.3. The third-order valence-corrected chi connectivity index (χ3v) is 4.74. The number of phenols is 1. The number of hydrogen-bond donors (Lipinski definition) is 2. The number of benzene rings is 2. The number of hydrogen-bond acceptors (Lipinski definition) is 6. The molecule has 0 unspecified atom stereocenters. The van der Waals surface area contributed by atoms with Crippen LogP contribution in [0.25, 0.3) is 11.3 Å². The van der Waals surface area contributed by atoms with Crippen LogP contribution < -0.4 is 14.2 Å². The van der Waals surface area contributed by atoms with E-state index < -0.39 is 16.2 Å². The lowest BCUT2D eigenvalue weighted by Gasteiger charge is -2.16. The number of aryl methyl sites for hydroxylation is 2. The van der Waals surface area contributed by atoms with E-state index in [2.05, 4.69) is 4.18 Å². The van der Waals surface area contributed by atoms with Crippen molar-refractivity contribution in [2.75, 3.05) is 11.9 Å². The van der Waals surface area contributed by atoms with Crippen LogP contribution in [0.5, 0.6) is 11.5 Å². The highest BCUT2D eigenvalue weighted by molar-refractivity contribution is 7.84. The van der Waals surface area contributed by atoms with Crippen molar-refractivity contribution in [1.82, 2.24) is 0 Å². The highest BCUT2D eigenvalue weighted by Crippen LogP contribution is 2.31. The van der Waals surface area contributed by atoms with Gasteiger partial charge < -0.3 is 18.6 Å². The molecule has 8 nitrogen and oxygen atoms in total. The van der Waals surface area contributed by atoms with E-state index in [9.17, 15) is 18.3 Å². The fourth-order valence-electron chi connectivity index (χ4n) is 2.87. The molecule has 0 spiro atoms. The van der Waals surface area contributed by atoms with E-state index in [1.54, 1.807) is 44.2 Å². The molecule has 3 aromatic rings. The van der Waals surface area contributed by atoms with Gasteiger partial charge in [0.15, 0.2) is 5.76 Å². The van der Waals surface area contributed by atoms with Crippen LogP contribution in [0.15, 0.2) is 52.9 Å². The van der Waals surface area contributed by atoms with Gasteiger partial charge in [0, 0.05) is 24.4 Å². The number of anilines is 1. The van der Waals surface area contributed by atoms with Gasteiger partial charge in [0.1, 0.15) is 17.3 Å². The number of aromatic hydroxyl groups is 1. The number of phenolic OH excluding ortho intramolecular Hbond substituents is 1. The molecular weight excluding hydrogens is 396 g/mol. The molecule has 0 fully saturated rings. The van der Waals surface area contributed by atoms with Gasteiger partial charge in [-0.1, -0.05) is 6.07 Å². The van der Waals surface area contributed by atoms with E-state index in [0.717, 1.165) is 5.56 Å². The average molecular weight is 416 g/mol. The largest absolute Gasteiger partial charge is 0.507 e. The van der Waals surface area contributed by atoms with E-state index in [1.807, 2.05) is 0 Å². The first-order chi connectivity index (χ1) is 13.5. The number of nitrogens with two attached hydrogens (primary N) is 1. The third kappa shape index (κ3) is 4.58. The molecule has 1 heterocycles. The van der Waals surface area contributed by atoms with Gasteiger partial charge in [0.05, 0.1) is 0 Å². The van der Waals surface area contributed by atoms with Crippen LogP contribution in [0.2, 0.25) is 0 Å². The molecule has 0 aliphatic carbocycles. The minimum Gasteiger partial charge on any atom is -0.507 e. The molecular formula is C20H20N2O6S. The summed E-state index contributed by atoms with van der Waals surface area (Å²) in [4.78, 5) is 14.1. The highest BCUT2D eigenvalue weighted by Gasteiger charge is 2.19. The predicted molar refractivity (Wildman–Crippen MR) is 108 cm³/mol. The highest BCUT2D eigenvalue weighted by atomic mass is 32.2. The lowest BCUT2D eigenvalue weighted by Crippen LogP contribution is -2.26. The molecule has 3 N–H and O–H groups in total. The summed E-state index contributed by atoms with van der Waals surface area (Å²) < 4.78 is 32.5. The van der Waals surface area contributed by atoms with E-state index in [1.165, 1.54) is 30.1 Å². The first-order valence-corrected chi connectivity index (χ1v) is 10.0. The maximum Gasteiger partial charge on any atom is 0.380 e. The van der Waals surface area contributed by atoms with Crippen LogP contribution in [0.4, 0.5) is 5.69 Å². The number of amides is 1. The second kappa shape index (κ2) is 7.61. The molecule has 29 heavy (non-hydrogen) atoms. The zero-order valence-corrected chi connectivity index (χ0v) is 16.9. The fraction of sp³-hybridized carbons (Fsp3) is 0.150. The number of carbonyl (C=O) groups excluding carboxylic acids is 1. The van der Waals surface area contributed by atoms with Gasteiger partial charge in [0.25, 0.3) is 5.91 Å². The molecule has 1 aromatic heterocycles. The van der Waals surface area contributed by atoms with Crippen molar-refractivity contribution in [3.8, 4) is 22.8 Å². The summed E-state index contributed by atoms with van der Waals surface area (Å²) in [7, 11) is -2.65. The Morgan fingerprint density at radius 1 is 1.10 bits per heavy atom. The standard InChI is InChI=1S/C20H20N2O6S/c1-12-9-14(10-13(2)19(12)23)17-7-8-18(27-17)20(24)22(3)15-5-4-6-16(11-15)28-29(21,25)26/h4-11,23H,1-3H3,(H2,21,25,26). The summed E-state index contributed by atoms with van der Waals surface area (Å²) in [6.07, 6.45) is 0. The molecule has 0 atom stereocenters. The van der Waals surface area contributed by atoms with Crippen molar-refractivity contribution < 1.29 is 26.9 Å². The first-order valence-electron chi connectivity index (χ1n) is 8.56. The maximum absolute atomic E-state index is 12.8. The molecule has 0 aliphatic rings. The first kappa shape index (κ1) is 20.4. The summed E-state index contributed by atoms with van der Waals surface area (Å²) in [5.41, 5.74) is 2.54. The Hall–Kier alpha value is -3.30. The maximum atomic E-state index is 12.8. The summed E-state index contributed by atoms with van der Waals surface area (Å²) in [6.45, 7) is 3.57. The number of carbonyl (C=O) groups is 1. The van der Waals surface area contributed by atoms with Crippen molar-refractivity contribution in [2.24, 2.45) is 5.14 Å². The third-order valence-electron chi connectivity index (χ3n) is 4.31. The Labute approximate surface area is 168 Å². The number of nitrogens with zero attached hydrogens (tertiary/aromatic N) is 1. The number of furan rings is 1. The Morgan fingerprint density at radius 3 is 2.38 bits per heavy atom. The summed E-state index contributed by atoms with van der Waals surface area (Å²) in [5.74, 6) is 0.358. The lowest BCUT2D eigenvalue weighted by atomic mass is 10.0. The molecule has 0 bridgehead atoms. The Bertz CT molecular complexity index is 1160. The monoisotopic (exact) mass is 416 g/mol. The van der Waals surface area contributed by atoms with Crippen LogP contribution in [-0.4, -0.2) is 26.5 Å². The van der Waals surface area contributed by atoms with E-state index in [4.69, 9.17) is 9.56 Å². The molecule has 3 rings (SSSR count). The number of rotatable bonds is 5. The van der Waals surface area contributed by atoms with Gasteiger partial charge in [-0.25, -0.2) is 0 Å². The second-order valence-electron chi connectivity index (χ2n) is 6.56. The van der Waals surface area contributed by atoms with Gasteiger partial charge in [-0.15, -0.1) is 0 Å². The van der Waals surface area contributed by atoms with Crippen molar-refractivity contribution >= 4 is 21.9 Å². The molecule has 1 amide bonds. The van der Waals surface area contributed by atoms with Gasteiger partial charge in [-0.2, -0.15) is 13.6 Å². The molecule has 0 radical (unpaired) electrons. The molecule has 0 saturated carbocycles. The molecule has 9 heteroatoms. The average Bonchev–Trinajstić information content (AvgIpc) is 3.13. The van der Waals surface area contributed by atoms with Crippen molar-refractivity contribution in [3.05, 3.63) is 65.4 Å². The minimum absolute atomic E-state index is 0.0140. The van der Waals surface area contributed by atoms with Gasteiger partial charge in [-0.05, 0) is 61.4 Å². The quantitative estimate of drug-likeness (QED) is 0.659. The minimum atomic E-state index is -4.17. The van der Waals surface area contributed by atoms with Crippen molar-refractivity contribution in [2.45, 2.75) is 13.8 Å². The second-order valence-corrected chi connectivity index (χ2v) is 7.71. The summed E-state index contributed by atoms with van der Waals surface area (Å²) >= 11 is 0.